The van der Waals surface area contributed by atoms with Crippen molar-refractivity contribution in [3.8, 4) is 0 Å². The Balaban J connectivity index is 0.800. The highest BCUT2D eigenvalue weighted by Gasteiger charge is 2.60. The van der Waals surface area contributed by atoms with Crippen molar-refractivity contribution >= 4 is 23.5 Å². The summed E-state index contributed by atoms with van der Waals surface area (Å²) in [6, 6.07) is 2.70. The topological polar surface area (TPSA) is 12.5 Å². The highest BCUT2D eigenvalue weighted by molar-refractivity contribution is 8.01. The van der Waals surface area contributed by atoms with E-state index in [0.29, 0.717) is 12.2 Å². The molecular weight excluding hydrogens is 671 g/mol. The zero-order valence-corrected chi connectivity index (χ0v) is 34.8. The van der Waals surface area contributed by atoms with E-state index in [-0.39, 0.29) is 0 Å². The van der Waals surface area contributed by atoms with Crippen molar-refractivity contribution in [2.24, 2.45) is 59.2 Å². The van der Waals surface area contributed by atoms with Crippen LogP contribution in [0.4, 0.5) is 0 Å². The monoisotopic (exact) mass is 748 g/mol. The fourth-order valence-corrected chi connectivity index (χ4v) is 21.6. The first-order valence-electron chi connectivity index (χ1n) is 24.5. The van der Waals surface area contributed by atoms with Crippen LogP contribution in [0.15, 0.2) is 0 Å². The van der Waals surface area contributed by atoms with Gasteiger partial charge in [-0.3, -0.25) is 4.90 Å². The van der Waals surface area contributed by atoms with Crippen molar-refractivity contribution in [3.05, 3.63) is 0 Å². The summed E-state index contributed by atoms with van der Waals surface area (Å²) in [7, 11) is 0. The van der Waals surface area contributed by atoms with Gasteiger partial charge in [-0.25, -0.2) is 0 Å². The summed E-state index contributed by atoms with van der Waals surface area (Å²) in [5.41, 5.74) is 0. The molecule has 3 aliphatic heterocycles. The van der Waals surface area contributed by atoms with Crippen LogP contribution in [0.2, 0.25) is 0 Å². The zero-order chi connectivity index (χ0) is 34.2. The molecule has 4 heteroatoms. The van der Waals surface area contributed by atoms with E-state index < -0.39 is 0 Å². The molecule has 14 unspecified atom stereocenters. The van der Waals surface area contributed by atoms with E-state index in [1.807, 2.05) is 0 Å². The van der Waals surface area contributed by atoms with Crippen molar-refractivity contribution in [1.29, 1.82) is 0 Å². The maximum Gasteiger partial charge on any atom is 0.0652 e. The van der Waals surface area contributed by atoms with Crippen LogP contribution in [0, 0.1) is 59.2 Å². The molecule has 52 heavy (non-hydrogen) atoms. The number of thioether (sulfide) groups is 2. The summed E-state index contributed by atoms with van der Waals surface area (Å²) in [5.74, 6) is 9.78. The molecule has 0 N–H and O–H groups in total. The third kappa shape index (κ3) is 6.39. The van der Waals surface area contributed by atoms with Gasteiger partial charge < -0.3 is 4.74 Å². The molecular formula is C48H77NOS2. The summed E-state index contributed by atoms with van der Waals surface area (Å²) in [6.45, 7) is 0. The molecule has 8 aliphatic carbocycles. The molecule has 11 aliphatic rings. The molecule has 3 heterocycles. The molecule has 11 fully saturated rings. The number of nitrogens with zero attached hydrogens (tertiary/aromatic N) is 1. The second-order valence-electron chi connectivity index (χ2n) is 21.5. The van der Waals surface area contributed by atoms with Gasteiger partial charge in [0.1, 0.15) is 0 Å². The Hall–Kier alpha value is 0.620. The predicted molar refractivity (Wildman–Crippen MR) is 221 cm³/mol. The van der Waals surface area contributed by atoms with Crippen molar-refractivity contribution in [2.75, 3.05) is 0 Å². The smallest absolute Gasteiger partial charge is 0.0652 e. The van der Waals surface area contributed by atoms with E-state index in [1.54, 1.807) is 64.2 Å². The van der Waals surface area contributed by atoms with E-state index in [1.165, 1.54) is 122 Å². The van der Waals surface area contributed by atoms with Crippen LogP contribution in [0.25, 0.3) is 0 Å². The van der Waals surface area contributed by atoms with Crippen LogP contribution in [0.1, 0.15) is 186 Å². The fraction of sp³-hybridized carbons (Fsp3) is 1.00. The van der Waals surface area contributed by atoms with Gasteiger partial charge in [-0.05, 0) is 169 Å². The van der Waals surface area contributed by atoms with Crippen LogP contribution < -0.4 is 0 Å². The first kappa shape index (κ1) is 35.8. The van der Waals surface area contributed by atoms with Crippen LogP contribution >= 0.6 is 23.5 Å². The Labute approximate surface area is 328 Å². The van der Waals surface area contributed by atoms with Gasteiger partial charge in [0.05, 0.1) is 12.2 Å². The third-order valence-electron chi connectivity index (χ3n) is 19.5. The van der Waals surface area contributed by atoms with Gasteiger partial charge in [0, 0.05) is 45.0 Å². The molecule has 0 amide bonds. The van der Waals surface area contributed by atoms with E-state index in [0.717, 1.165) is 98.3 Å². The lowest BCUT2D eigenvalue weighted by molar-refractivity contribution is -0.0793. The minimum Gasteiger partial charge on any atom is -0.374 e. The Morgan fingerprint density at radius 2 is 0.846 bits per heavy atom. The maximum absolute atomic E-state index is 7.59. The molecule has 14 atom stereocenters. The van der Waals surface area contributed by atoms with E-state index in [2.05, 4.69) is 28.4 Å². The van der Waals surface area contributed by atoms with Crippen molar-refractivity contribution in [2.45, 2.75) is 238 Å². The summed E-state index contributed by atoms with van der Waals surface area (Å²) in [5, 5.41) is 3.93. The summed E-state index contributed by atoms with van der Waals surface area (Å²) in [4.78, 5) is 3.42. The quantitative estimate of drug-likeness (QED) is 0.277. The number of rotatable bonds is 5. The second kappa shape index (κ2) is 15.4. The number of hydrogen-bond acceptors (Lipinski definition) is 4. The second-order valence-corrected chi connectivity index (χ2v) is 24.5. The van der Waals surface area contributed by atoms with Crippen LogP contribution in [-0.2, 0) is 4.74 Å². The zero-order valence-electron chi connectivity index (χ0n) is 33.1. The van der Waals surface area contributed by atoms with Gasteiger partial charge in [0.2, 0.25) is 0 Å². The lowest BCUT2D eigenvalue weighted by Gasteiger charge is -2.53. The van der Waals surface area contributed by atoms with E-state index >= 15 is 0 Å². The lowest BCUT2D eigenvalue weighted by Crippen LogP contribution is -2.57. The van der Waals surface area contributed by atoms with E-state index in [4.69, 9.17) is 4.74 Å². The molecule has 0 bridgehead atoms. The molecule has 8 saturated carbocycles. The minimum absolute atomic E-state index is 0.626. The highest BCUT2D eigenvalue weighted by Crippen LogP contribution is 2.62. The molecule has 0 aromatic carbocycles. The van der Waals surface area contributed by atoms with Gasteiger partial charge in [0.15, 0.2) is 0 Å². The average molecular weight is 748 g/mol. The molecule has 2 nitrogen and oxygen atoms in total. The standard InChI is InChI=1S/C48H77NOS2/c1-2-10-30(11-3-1)31-20-24-33(25-21-31)49(40-16-9-19-43-45(40)38-12-4-6-17-41(38)51-43)34-26-22-32(23-27-34)35-14-8-15-36-37-28-29-44-46(48(37)50-47(35)36)39-13-5-7-18-42(39)52-44/h30-48H,1-29H2. The number of fused-ring (bicyclic) bond motifs is 10. The van der Waals surface area contributed by atoms with Crippen LogP contribution in [0.3, 0.4) is 0 Å². The third-order valence-corrected chi connectivity index (χ3v) is 23.2. The Bertz CT molecular complexity index is 1200. The highest BCUT2D eigenvalue weighted by atomic mass is 32.2. The Morgan fingerprint density at radius 1 is 0.327 bits per heavy atom. The molecule has 0 aromatic rings. The fourth-order valence-electron chi connectivity index (χ4n) is 17.4. The minimum atomic E-state index is 0.626. The van der Waals surface area contributed by atoms with Crippen LogP contribution in [0.5, 0.6) is 0 Å². The van der Waals surface area contributed by atoms with Gasteiger partial charge >= 0.3 is 0 Å². The SMILES string of the molecule is C1CCC(C2CCC(N(C3CCC(C4CCCC5C6CCC7SC8CCCCC8C7C6OC45)CC3)C3CCCC4SC5CCCCC5C43)CC2)CC1. The van der Waals surface area contributed by atoms with Crippen molar-refractivity contribution < 1.29 is 4.74 Å². The molecule has 0 spiro atoms. The van der Waals surface area contributed by atoms with Crippen molar-refractivity contribution in [3.63, 3.8) is 0 Å². The van der Waals surface area contributed by atoms with Gasteiger partial charge in [-0.1, -0.05) is 70.6 Å². The normalized spacial score (nSPS) is 53.7. The predicted octanol–water partition coefficient (Wildman–Crippen LogP) is 12.7. The first-order chi connectivity index (χ1) is 25.8. The number of ether oxygens (including phenoxy) is 1. The maximum atomic E-state index is 7.59. The van der Waals surface area contributed by atoms with Crippen LogP contribution in [-0.4, -0.2) is 56.2 Å². The molecule has 0 aromatic heterocycles. The van der Waals surface area contributed by atoms with Crippen molar-refractivity contribution in [1.82, 2.24) is 4.90 Å². The van der Waals surface area contributed by atoms with Gasteiger partial charge in [-0.15, -0.1) is 0 Å². The lowest BCUT2D eigenvalue weighted by atomic mass is 9.62. The van der Waals surface area contributed by atoms with E-state index in [9.17, 15) is 0 Å². The van der Waals surface area contributed by atoms with Gasteiger partial charge in [-0.2, -0.15) is 23.5 Å². The van der Waals surface area contributed by atoms with Gasteiger partial charge in [0.25, 0.3) is 0 Å². The summed E-state index contributed by atoms with van der Waals surface area (Å²) < 4.78 is 7.59. The molecule has 292 valence electrons. The molecule has 11 rings (SSSR count). The Kier molecular flexibility index (Phi) is 10.6. The summed E-state index contributed by atoms with van der Waals surface area (Å²) in [6.07, 6.45) is 45.6. The number of hydrogen-bond donors (Lipinski definition) is 0. The molecule has 3 saturated heterocycles. The summed E-state index contributed by atoms with van der Waals surface area (Å²) >= 11 is 4.97. The average Bonchev–Trinajstić information content (AvgIpc) is 3.90. The molecule has 0 radical (unpaired) electrons. The Morgan fingerprint density at radius 3 is 1.58 bits per heavy atom. The largest absolute Gasteiger partial charge is 0.374 e. The first-order valence-corrected chi connectivity index (χ1v) is 26.4.